The summed E-state index contributed by atoms with van der Waals surface area (Å²) in [5.41, 5.74) is 5.93. The van der Waals surface area contributed by atoms with Crippen molar-refractivity contribution < 1.29 is 0 Å². The normalized spacial score (nSPS) is 11.3. The Morgan fingerprint density at radius 1 is 0.968 bits per heavy atom. The maximum absolute atomic E-state index is 6.32. The Morgan fingerprint density at radius 3 is 2.55 bits per heavy atom. The number of halogens is 1. The van der Waals surface area contributed by atoms with E-state index < -0.39 is 0 Å². The van der Waals surface area contributed by atoms with Gasteiger partial charge in [0.2, 0.25) is 5.16 Å². The fraction of sp³-hybridized carbons (Fsp3) is 0.0870. The Hall–Kier alpha value is -3.29. The molecule has 0 aliphatic rings. The summed E-state index contributed by atoms with van der Waals surface area (Å²) in [5.74, 6) is 7.48. The smallest absolute Gasteiger partial charge is 0.210 e. The molecule has 31 heavy (non-hydrogen) atoms. The molecule has 0 spiro atoms. The molecule has 154 valence electrons. The second kappa shape index (κ2) is 8.09. The number of fused-ring (bicyclic) bond motifs is 1. The van der Waals surface area contributed by atoms with Gasteiger partial charge in [0.1, 0.15) is 5.65 Å². The predicted octanol–water partition coefficient (Wildman–Crippen LogP) is 5.23. The number of aryl methyl sites for hydroxylation is 1. The van der Waals surface area contributed by atoms with Crippen LogP contribution in [-0.2, 0) is 5.75 Å². The van der Waals surface area contributed by atoms with Crippen molar-refractivity contribution in [1.29, 1.82) is 0 Å². The van der Waals surface area contributed by atoms with E-state index in [1.54, 1.807) is 0 Å². The number of nitrogens with zero attached hydrogens (tertiary/aromatic N) is 5. The molecule has 0 amide bonds. The van der Waals surface area contributed by atoms with Crippen molar-refractivity contribution >= 4 is 29.0 Å². The van der Waals surface area contributed by atoms with E-state index in [0.29, 0.717) is 21.8 Å². The van der Waals surface area contributed by atoms with Crippen LogP contribution in [0.25, 0.3) is 28.3 Å². The Morgan fingerprint density at radius 2 is 1.74 bits per heavy atom. The van der Waals surface area contributed by atoms with E-state index in [1.807, 2.05) is 48.5 Å². The van der Waals surface area contributed by atoms with Gasteiger partial charge in [-0.1, -0.05) is 71.9 Å². The third-order valence-electron chi connectivity index (χ3n) is 5.03. The number of hydrogen-bond donors (Lipinski definition) is 1. The van der Waals surface area contributed by atoms with E-state index in [1.165, 1.54) is 22.0 Å². The van der Waals surface area contributed by atoms with E-state index in [-0.39, 0.29) is 0 Å². The molecule has 5 aromatic rings. The van der Waals surface area contributed by atoms with Crippen molar-refractivity contribution in [2.75, 3.05) is 5.84 Å². The number of aromatic nitrogens is 5. The number of pyridine rings is 1. The predicted molar refractivity (Wildman–Crippen MR) is 126 cm³/mol. The number of imidazole rings is 1. The van der Waals surface area contributed by atoms with Crippen molar-refractivity contribution in [3.8, 4) is 22.6 Å². The zero-order chi connectivity index (χ0) is 21.4. The lowest BCUT2D eigenvalue weighted by atomic mass is 10.1. The van der Waals surface area contributed by atoms with Crippen LogP contribution in [-0.4, -0.2) is 24.3 Å². The standard InChI is InChI=1S/C23H19ClN6S/c1-15-11-12-20-26-21(16-7-3-2-4-8-16)19(29(20)13-15)14-31-23-28-27-22(30(23)25)17-9-5-6-10-18(17)24/h2-13H,14,25H2,1H3. The van der Waals surface area contributed by atoms with Gasteiger partial charge in [-0.2, -0.15) is 0 Å². The molecule has 0 saturated heterocycles. The molecule has 2 aromatic carbocycles. The van der Waals surface area contributed by atoms with E-state index in [2.05, 4.69) is 45.9 Å². The zero-order valence-electron chi connectivity index (χ0n) is 16.7. The van der Waals surface area contributed by atoms with Crippen LogP contribution in [0.2, 0.25) is 5.02 Å². The van der Waals surface area contributed by atoms with Crippen LogP contribution in [0.4, 0.5) is 0 Å². The van der Waals surface area contributed by atoms with Crippen LogP contribution in [0.3, 0.4) is 0 Å². The average Bonchev–Trinajstić information content (AvgIpc) is 3.33. The van der Waals surface area contributed by atoms with E-state index in [9.17, 15) is 0 Å². The fourth-order valence-corrected chi connectivity index (χ4v) is 4.59. The Balaban J connectivity index is 1.52. The van der Waals surface area contributed by atoms with Crippen molar-refractivity contribution in [2.24, 2.45) is 0 Å². The molecule has 0 unspecified atom stereocenters. The summed E-state index contributed by atoms with van der Waals surface area (Å²) in [5, 5.41) is 9.75. The van der Waals surface area contributed by atoms with Gasteiger partial charge in [-0.05, 0) is 30.7 Å². The van der Waals surface area contributed by atoms with Gasteiger partial charge in [0.05, 0.1) is 16.4 Å². The van der Waals surface area contributed by atoms with Crippen LogP contribution >= 0.6 is 23.4 Å². The molecule has 3 aromatic heterocycles. The highest BCUT2D eigenvalue weighted by Crippen LogP contribution is 2.32. The van der Waals surface area contributed by atoms with Crippen LogP contribution in [0.1, 0.15) is 11.3 Å². The van der Waals surface area contributed by atoms with Gasteiger partial charge in [-0.25, -0.2) is 9.66 Å². The van der Waals surface area contributed by atoms with Crippen molar-refractivity contribution in [3.63, 3.8) is 0 Å². The molecular weight excluding hydrogens is 428 g/mol. The Kier molecular flexibility index (Phi) is 5.13. The second-order valence-electron chi connectivity index (χ2n) is 7.15. The molecule has 0 aliphatic carbocycles. The van der Waals surface area contributed by atoms with Crippen molar-refractivity contribution in [3.05, 3.63) is 89.2 Å². The van der Waals surface area contributed by atoms with Crippen LogP contribution < -0.4 is 5.84 Å². The first-order valence-electron chi connectivity index (χ1n) is 9.73. The van der Waals surface area contributed by atoms with Crippen LogP contribution in [0, 0.1) is 6.92 Å². The summed E-state index contributed by atoms with van der Waals surface area (Å²) in [6.45, 7) is 2.07. The van der Waals surface area contributed by atoms with Gasteiger partial charge in [-0.15, -0.1) is 10.2 Å². The molecule has 0 fully saturated rings. The lowest BCUT2D eigenvalue weighted by Gasteiger charge is -2.07. The lowest BCUT2D eigenvalue weighted by Crippen LogP contribution is -2.11. The summed E-state index contributed by atoms with van der Waals surface area (Å²) in [6, 6.07) is 21.8. The van der Waals surface area contributed by atoms with Crippen molar-refractivity contribution in [2.45, 2.75) is 17.8 Å². The third kappa shape index (κ3) is 3.66. The maximum atomic E-state index is 6.32. The van der Waals surface area contributed by atoms with Crippen LogP contribution in [0.5, 0.6) is 0 Å². The summed E-state index contributed by atoms with van der Waals surface area (Å²) < 4.78 is 3.62. The van der Waals surface area contributed by atoms with Gasteiger partial charge in [0.15, 0.2) is 5.82 Å². The molecule has 2 N–H and O–H groups in total. The van der Waals surface area contributed by atoms with E-state index in [0.717, 1.165) is 28.2 Å². The maximum Gasteiger partial charge on any atom is 0.210 e. The number of thioether (sulfide) groups is 1. The number of rotatable bonds is 5. The van der Waals surface area contributed by atoms with Gasteiger partial charge in [0, 0.05) is 23.1 Å². The summed E-state index contributed by atoms with van der Waals surface area (Å²) in [6.07, 6.45) is 2.10. The molecule has 8 heteroatoms. The molecule has 5 rings (SSSR count). The molecule has 0 radical (unpaired) electrons. The fourth-order valence-electron chi connectivity index (χ4n) is 3.50. The molecule has 0 saturated carbocycles. The molecular formula is C23H19ClN6S. The molecule has 0 bridgehead atoms. The average molecular weight is 447 g/mol. The highest BCUT2D eigenvalue weighted by Gasteiger charge is 2.18. The number of benzene rings is 2. The summed E-state index contributed by atoms with van der Waals surface area (Å²) in [4.78, 5) is 4.88. The third-order valence-corrected chi connectivity index (χ3v) is 6.31. The minimum Gasteiger partial charge on any atom is -0.335 e. The van der Waals surface area contributed by atoms with E-state index in [4.69, 9.17) is 22.4 Å². The number of nitrogen functional groups attached to an aromatic ring is 1. The van der Waals surface area contributed by atoms with Gasteiger partial charge >= 0.3 is 0 Å². The Labute approximate surface area is 188 Å². The monoisotopic (exact) mass is 446 g/mol. The minimum absolute atomic E-state index is 0.533. The lowest BCUT2D eigenvalue weighted by molar-refractivity contribution is 0.848. The summed E-state index contributed by atoms with van der Waals surface area (Å²) in [7, 11) is 0. The van der Waals surface area contributed by atoms with Gasteiger partial charge in [0.25, 0.3) is 0 Å². The SMILES string of the molecule is Cc1ccc2nc(-c3ccccc3)c(CSc3nnc(-c4ccccc4Cl)n3N)n2c1. The topological polar surface area (TPSA) is 74.0 Å². The quantitative estimate of drug-likeness (QED) is 0.295. The first-order chi connectivity index (χ1) is 15.1. The minimum atomic E-state index is 0.533. The second-order valence-corrected chi connectivity index (χ2v) is 8.50. The first kappa shape index (κ1) is 19.7. The highest BCUT2D eigenvalue weighted by atomic mass is 35.5. The van der Waals surface area contributed by atoms with Crippen molar-refractivity contribution in [1.82, 2.24) is 24.3 Å². The molecule has 6 nitrogen and oxygen atoms in total. The number of hydrogen-bond acceptors (Lipinski definition) is 5. The molecule has 0 atom stereocenters. The first-order valence-corrected chi connectivity index (χ1v) is 11.1. The zero-order valence-corrected chi connectivity index (χ0v) is 18.3. The highest BCUT2D eigenvalue weighted by molar-refractivity contribution is 7.98. The summed E-state index contributed by atoms with van der Waals surface area (Å²) >= 11 is 7.83. The Bertz CT molecular complexity index is 1380. The molecule has 3 heterocycles. The number of nitrogens with two attached hydrogens (primary N) is 1. The van der Waals surface area contributed by atoms with Gasteiger partial charge < -0.3 is 10.2 Å². The van der Waals surface area contributed by atoms with Gasteiger partial charge in [-0.3, -0.25) is 0 Å². The van der Waals surface area contributed by atoms with Crippen LogP contribution in [0.15, 0.2) is 78.1 Å². The largest absolute Gasteiger partial charge is 0.335 e. The molecule has 0 aliphatic heterocycles. The van der Waals surface area contributed by atoms with E-state index >= 15 is 0 Å².